The lowest BCUT2D eigenvalue weighted by atomic mass is 10.1. The van der Waals surface area contributed by atoms with E-state index in [1.54, 1.807) is 35.6 Å². The molecule has 0 saturated carbocycles. The van der Waals surface area contributed by atoms with Crippen molar-refractivity contribution in [1.82, 2.24) is 4.98 Å². The van der Waals surface area contributed by atoms with Crippen LogP contribution in [0, 0.1) is 10.5 Å². The van der Waals surface area contributed by atoms with E-state index in [4.69, 9.17) is 0 Å². The monoisotopic (exact) mass is 341 g/mol. The first-order valence-electron chi connectivity index (χ1n) is 4.46. The van der Waals surface area contributed by atoms with Crippen molar-refractivity contribution in [3.63, 3.8) is 0 Å². The number of rotatable bonds is 3. The molecule has 0 N–H and O–H groups in total. The van der Waals surface area contributed by atoms with Crippen molar-refractivity contribution >= 4 is 28.6 Å². The molecule has 0 fully saturated rings. The zero-order valence-electron chi connectivity index (χ0n) is 8.76. The van der Waals surface area contributed by atoms with Gasteiger partial charge in [-0.1, -0.05) is 0 Å². The summed E-state index contributed by atoms with van der Waals surface area (Å²) < 4.78 is 30.0. The highest BCUT2D eigenvalue weighted by molar-refractivity contribution is 14.1. The fourth-order valence-corrected chi connectivity index (χ4v) is 2.00. The van der Waals surface area contributed by atoms with Gasteiger partial charge in [0, 0.05) is 3.57 Å². The second-order valence-electron chi connectivity index (χ2n) is 3.17. The van der Waals surface area contributed by atoms with Gasteiger partial charge in [-0.2, -0.15) is 0 Å². The number of esters is 1. The number of ether oxygens (including phenoxy) is 1. The number of aromatic nitrogens is 1. The number of hydrogen-bond donors (Lipinski definition) is 0. The van der Waals surface area contributed by atoms with E-state index < -0.39 is 12.4 Å². The van der Waals surface area contributed by atoms with Crippen molar-refractivity contribution in [1.29, 1.82) is 0 Å². The molecule has 1 aromatic heterocycles. The minimum Gasteiger partial charge on any atom is -0.469 e. The van der Waals surface area contributed by atoms with Crippen LogP contribution in [0.4, 0.5) is 8.78 Å². The first-order valence-corrected chi connectivity index (χ1v) is 5.54. The topological polar surface area (TPSA) is 39.2 Å². The molecule has 0 amide bonds. The van der Waals surface area contributed by atoms with Crippen LogP contribution in [0.2, 0.25) is 0 Å². The van der Waals surface area contributed by atoms with Crippen molar-refractivity contribution in [3.8, 4) is 0 Å². The van der Waals surface area contributed by atoms with Crippen molar-refractivity contribution in [2.45, 2.75) is 19.8 Å². The Bertz CT molecular complexity index is 410. The Morgan fingerprint density at radius 1 is 1.62 bits per heavy atom. The molecule has 0 radical (unpaired) electrons. The number of halogens is 3. The van der Waals surface area contributed by atoms with Crippen molar-refractivity contribution < 1.29 is 18.3 Å². The van der Waals surface area contributed by atoms with E-state index in [0.717, 1.165) is 0 Å². The summed E-state index contributed by atoms with van der Waals surface area (Å²) in [6.45, 7) is 1.72. The average Bonchev–Trinajstić information content (AvgIpc) is 2.21. The Morgan fingerprint density at radius 3 is 2.75 bits per heavy atom. The molecule has 0 bridgehead atoms. The van der Waals surface area contributed by atoms with Crippen LogP contribution in [0.25, 0.3) is 0 Å². The molecule has 6 heteroatoms. The van der Waals surface area contributed by atoms with Gasteiger partial charge in [-0.25, -0.2) is 13.8 Å². The number of carbonyl (C=O) groups excluding carboxylic acids is 1. The Kier molecular flexibility index (Phi) is 4.57. The Hall–Kier alpha value is -0.790. The predicted octanol–water partition coefficient (Wildman–Crippen LogP) is 2.65. The normalized spacial score (nSPS) is 10.6. The van der Waals surface area contributed by atoms with Crippen LogP contribution in [0.3, 0.4) is 0 Å². The van der Waals surface area contributed by atoms with E-state index in [0.29, 0.717) is 14.8 Å². The molecule has 1 aromatic rings. The van der Waals surface area contributed by atoms with Gasteiger partial charge in [0.1, 0.15) is 5.69 Å². The molecule has 0 aliphatic heterocycles. The summed E-state index contributed by atoms with van der Waals surface area (Å²) in [6.07, 6.45) is -2.72. The summed E-state index contributed by atoms with van der Waals surface area (Å²) in [4.78, 5) is 14.8. The Balaban J connectivity index is 3.09. The SMILES string of the molecule is COC(=O)Cc1nc(C(F)F)c(I)cc1C. The molecule has 1 heterocycles. The number of alkyl halides is 2. The largest absolute Gasteiger partial charge is 0.469 e. The second-order valence-corrected chi connectivity index (χ2v) is 4.33. The Labute approximate surface area is 105 Å². The molecule has 88 valence electrons. The number of pyridine rings is 1. The molecule has 0 aromatic carbocycles. The van der Waals surface area contributed by atoms with Gasteiger partial charge in [-0.05, 0) is 41.1 Å². The zero-order chi connectivity index (χ0) is 12.3. The van der Waals surface area contributed by atoms with Crippen molar-refractivity contribution in [2.24, 2.45) is 0 Å². The third kappa shape index (κ3) is 3.10. The van der Waals surface area contributed by atoms with Crippen LogP contribution < -0.4 is 0 Å². The quantitative estimate of drug-likeness (QED) is 0.627. The van der Waals surface area contributed by atoms with Crippen LogP contribution >= 0.6 is 22.6 Å². The number of methoxy groups -OCH3 is 1. The molecule has 0 atom stereocenters. The molecule has 0 aliphatic rings. The average molecular weight is 341 g/mol. The number of carbonyl (C=O) groups is 1. The molecule has 3 nitrogen and oxygen atoms in total. The van der Waals surface area contributed by atoms with Crippen LogP contribution in [0.1, 0.15) is 23.4 Å². The lowest BCUT2D eigenvalue weighted by Crippen LogP contribution is -2.10. The van der Waals surface area contributed by atoms with Crippen LogP contribution in [0.15, 0.2) is 6.07 Å². The van der Waals surface area contributed by atoms with E-state index in [1.807, 2.05) is 0 Å². The van der Waals surface area contributed by atoms with Gasteiger partial charge in [-0.3, -0.25) is 4.79 Å². The molecule has 0 aliphatic carbocycles. The lowest BCUT2D eigenvalue weighted by molar-refractivity contribution is -0.139. The fourth-order valence-electron chi connectivity index (χ4n) is 1.18. The van der Waals surface area contributed by atoms with E-state index in [9.17, 15) is 13.6 Å². The number of hydrogen-bond acceptors (Lipinski definition) is 3. The molecule has 16 heavy (non-hydrogen) atoms. The highest BCUT2D eigenvalue weighted by atomic mass is 127. The van der Waals surface area contributed by atoms with Crippen LogP contribution in [-0.4, -0.2) is 18.1 Å². The fraction of sp³-hybridized carbons (Fsp3) is 0.400. The number of aryl methyl sites for hydroxylation is 1. The summed E-state index contributed by atoms with van der Waals surface area (Å²) in [6, 6.07) is 1.59. The summed E-state index contributed by atoms with van der Waals surface area (Å²) in [5.74, 6) is -0.489. The van der Waals surface area contributed by atoms with Gasteiger partial charge in [0.15, 0.2) is 0 Å². The minimum absolute atomic E-state index is 0.0844. The zero-order valence-corrected chi connectivity index (χ0v) is 10.9. The molecule has 1 rings (SSSR count). The van der Waals surface area contributed by atoms with Crippen molar-refractivity contribution in [2.75, 3.05) is 7.11 Å². The van der Waals surface area contributed by atoms with E-state index in [-0.39, 0.29) is 12.1 Å². The van der Waals surface area contributed by atoms with E-state index in [2.05, 4.69) is 9.72 Å². The minimum atomic E-state index is -2.64. The van der Waals surface area contributed by atoms with Gasteiger partial charge in [-0.15, -0.1) is 0 Å². The first-order chi connectivity index (χ1) is 7.45. The first kappa shape index (κ1) is 13.3. The molecular weight excluding hydrogens is 331 g/mol. The molecule has 0 unspecified atom stereocenters. The van der Waals surface area contributed by atoms with Gasteiger partial charge < -0.3 is 4.74 Å². The number of nitrogens with zero attached hydrogens (tertiary/aromatic N) is 1. The highest BCUT2D eigenvalue weighted by Crippen LogP contribution is 2.24. The van der Waals surface area contributed by atoms with E-state index >= 15 is 0 Å². The molecule has 0 spiro atoms. The second kappa shape index (κ2) is 5.51. The molecule has 0 saturated heterocycles. The van der Waals surface area contributed by atoms with Crippen LogP contribution in [0.5, 0.6) is 0 Å². The van der Waals surface area contributed by atoms with Crippen LogP contribution in [-0.2, 0) is 16.0 Å². The Morgan fingerprint density at radius 2 is 2.25 bits per heavy atom. The standard InChI is InChI=1S/C10H10F2INO2/c1-5-3-6(13)9(10(11)12)14-7(5)4-8(15)16-2/h3,10H,4H2,1-2H3. The third-order valence-corrected chi connectivity index (χ3v) is 2.91. The summed E-state index contributed by atoms with van der Waals surface area (Å²) in [5.41, 5.74) is 0.756. The van der Waals surface area contributed by atoms with Gasteiger partial charge in [0.05, 0.1) is 19.2 Å². The van der Waals surface area contributed by atoms with Gasteiger partial charge in [0.25, 0.3) is 6.43 Å². The predicted molar refractivity (Wildman–Crippen MR) is 62.4 cm³/mol. The third-order valence-electron chi connectivity index (χ3n) is 2.04. The van der Waals surface area contributed by atoms with Gasteiger partial charge >= 0.3 is 5.97 Å². The molecular formula is C10H10F2INO2. The summed E-state index contributed by atoms with van der Waals surface area (Å²) in [5, 5.41) is 0. The lowest BCUT2D eigenvalue weighted by Gasteiger charge is -2.08. The highest BCUT2D eigenvalue weighted by Gasteiger charge is 2.17. The van der Waals surface area contributed by atoms with Crippen molar-refractivity contribution in [3.05, 3.63) is 26.6 Å². The maximum Gasteiger partial charge on any atom is 0.311 e. The summed E-state index contributed by atoms with van der Waals surface area (Å²) in [7, 11) is 1.25. The summed E-state index contributed by atoms with van der Waals surface area (Å²) >= 11 is 1.80. The van der Waals surface area contributed by atoms with Gasteiger partial charge in [0.2, 0.25) is 0 Å². The van der Waals surface area contributed by atoms with E-state index in [1.165, 1.54) is 7.11 Å². The maximum absolute atomic E-state index is 12.6. The maximum atomic E-state index is 12.6. The smallest absolute Gasteiger partial charge is 0.311 e.